The highest BCUT2D eigenvalue weighted by Gasteiger charge is 2.10. The molecule has 0 saturated heterocycles. The first-order chi connectivity index (χ1) is 6.61. The minimum absolute atomic E-state index is 0.0643. The first-order valence-corrected chi connectivity index (χ1v) is 4.85. The molecule has 5 heteroatoms. The minimum Gasteiger partial charge on any atom is -0.395 e. The zero-order valence-corrected chi connectivity index (χ0v) is 9.07. The maximum Gasteiger partial charge on any atom is 0.236 e. The lowest BCUT2D eigenvalue weighted by Crippen LogP contribution is -2.38. The number of rotatable bonds is 7. The van der Waals surface area contributed by atoms with Gasteiger partial charge < -0.3 is 15.7 Å². The van der Waals surface area contributed by atoms with Gasteiger partial charge in [0.05, 0.1) is 13.2 Å². The standard InChI is InChI=1S/C9H21N3O2/c1-11(6-7-13)8-9(14)12(2)5-3-4-10/h13H,3-8,10H2,1-2H3. The van der Waals surface area contributed by atoms with Crippen LogP contribution in [0.3, 0.4) is 0 Å². The first kappa shape index (κ1) is 13.4. The average molecular weight is 203 g/mol. The van der Waals surface area contributed by atoms with Crippen molar-refractivity contribution >= 4 is 5.91 Å². The Morgan fingerprint density at radius 3 is 2.50 bits per heavy atom. The van der Waals surface area contributed by atoms with E-state index >= 15 is 0 Å². The van der Waals surface area contributed by atoms with Crippen LogP contribution < -0.4 is 5.73 Å². The van der Waals surface area contributed by atoms with Crippen molar-refractivity contribution in [3.63, 3.8) is 0 Å². The monoisotopic (exact) mass is 203 g/mol. The van der Waals surface area contributed by atoms with Crippen molar-refractivity contribution in [2.75, 3.05) is 46.9 Å². The Morgan fingerprint density at radius 1 is 1.36 bits per heavy atom. The van der Waals surface area contributed by atoms with Gasteiger partial charge in [-0.3, -0.25) is 9.69 Å². The third kappa shape index (κ3) is 5.90. The second-order valence-corrected chi connectivity index (χ2v) is 3.42. The molecule has 0 fully saturated rings. The Bertz CT molecular complexity index is 164. The summed E-state index contributed by atoms with van der Waals surface area (Å²) in [5.74, 6) is 0.0643. The Morgan fingerprint density at radius 2 is 2.00 bits per heavy atom. The van der Waals surface area contributed by atoms with E-state index in [0.29, 0.717) is 26.2 Å². The number of carbonyl (C=O) groups is 1. The van der Waals surface area contributed by atoms with Crippen LogP contribution in [-0.2, 0) is 4.79 Å². The van der Waals surface area contributed by atoms with Gasteiger partial charge in [0.15, 0.2) is 0 Å². The molecule has 0 radical (unpaired) electrons. The lowest BCUT2D eigenvalue weighted by atomic mass is 10.4. The molecule has 1 amide bonds. The van der Waals surface area contributed by atoms with Crippen molar-refractivity contribution in [2.24, 2.45) is 5.73 Å². The Hall–Kier alpha value is -0.650. The predicted molar refractivity (Wildman–Crippen MR) is 55.9 cm³/mol. The number of aliphatic hydroxyl groups excluding tert-OH is 1. The van der Waals surface area contributed by atoms with Crippen molar-refractivity contribution in [3.8, 4) is 0 Å². The highest BCUT2D eigenvalue weighted by molar-refractivity contribution is 5.77. The number of amides is 1. The second-order valence-electron chi connectivity index (χ2n) is 3.42. The molecule has 0 spiro atoms. The topological polar surface area (TPSA) is 69.8 Å². The molecule has 0 aromatic carbocycles. The van der Waals surface area contributed by atoms with Gasteiger partial charge >= 0.3 is 0 Å². The Labute approximate surface area is 85.5 Å². The maximum atomic E-state index is 11.5. The molecular formula is C9H21N3O2. The van der Waals surface area contributed by atoms with Crippen LogP contribution in [0.5, 0.6) is 0 Å². The number of nitrogens with zero attached hydrogens (tertiary/aromatic N) is 2. The summed E-state index contributed by atoms with van der Waals surface area (Å²) in [5.41, 5.74) is 5.34. The zero-order valence-electron chi connectivity index (χ0n) is 9.07. The number of hydrogen-bond donors (Lipinski definition) is 2. The van der Waals surface area contributed by atoms with E-state index in [-0.39, 0.29) is 12.5 Å². The third-order valence-corrected chi connectivity index (χ3v) is 2.01. The highest BCUT2D eigenvalue weighted by Crippen LogP contribution is 1.90. The number of carbonyl (C=O) groups excluding carboxylic acids is 1. The van der Waals surface area contributed by atoms with Crippen molar-refractivity contribution in [3.05, 3.63) is 0 Å². The third-order valence-electron chi connectivity index (χ3n) is 2.01. The Kier molecular flexibility index (Phi) is 7.37. The fourth-order valence-electron chi connectivity index (χ4n) is 1.05. The molecular weight excluding hydrogens is 182 g/mol. The van der Waals surface area contributed by atoms with Crippen molar-refractivity contribution in [1.29, 1.82) is 0 Å². The van der Waals surface area contributed by atoms with E-state index in [1.54, 1.807) is 16.8 Å². The van der Waals surface area contributed by atoms with Crippen LogP contribution in [0.2, 0.25) is 0 Å². The van der Waals surface area contributed by atoms with Crippen LogP contribution in [0, 0.1) is 0 Å². The largest absolute Gasteiger partial charge is 0.395 e. The SMILES string of the molecule is CN(CCO)CC(=O)N(C)CCCN. The molecule has 5 nitrogen and oxygen atoms in total. The summed E-state index contributed by atoms with van der Waals surface area (Å²) in [7, 11) is 3.58. The van der Waals surface area contributed by atoms with E-state index in [2.05, 4.69) is 0 Å². The van der Waals surface area contributed by atoms with Gasteiger partial charge in [0.25, 0.3) is 0 Å². The molecule has 0 aromatic rings. The lowest BCUT2D eigenvalue weighted by Gasteiger charge is -2.20. The summed E-state index contributed by atoms with van der Waals surface area (Å²) in [6.07, 6.45) is 0.825. The summed E-state index contributed by atoms with van der Waals surface area (Å²) >= 11 is 0. The van der Waals surface area contributed by atoms with E-state index in [4.69, 9.17) is 10.8 Å². The van der Waals surface area contributed by atoms with Crippen LogP contribution in [0.15, 0.2) is 0 Å². The summed E-state index contributed by atoms with van der Waals surface area (Å²) in [6.45, 7) is 2.25. The fourth-order valence-corrected chi connectivity index (χ4v) is 1.05. The molecule has 0 aliphatic carbocycles. The summed E-state index contributed by atoms with van der Waals surface area (Å²) in [4.78, 5) is 15.0. The van der Waals surface area contributed by atoms with E-state index in [0.717, 1.165) is 6.42 Å². The van der Waals surface area contributed by atoms with Gasteiger partial charge in [-0.2, -0.15) is 0 Å². The second kappa shape index (κ2) is 7.73. The summed E-state index contributed by atoms with van der Waals surface area (Å²) in [6, 6.07) is 0. The van der Waals surface area contributed by atoms with Gasteiger partial charge in [-0.1, -0.05) is 0 Å². The molecule has 0 bridgehead atoms. The lowest BCUT2D eigenvalue weighted by molar-refractivity contribution is -0.130. The van der Waals surface area contributed by atoms with E-state index in [1.807, 2.05) is 7.05 Å². The molecule has 0 rings (SSSR count). The number of nitrogens with two attached hydrogens (primary N) is 1. The summed E-state index contributed by atoms with van der Waals surface area (Å²) < 4.78 is 0. The first-order valence-electron chi connectivity index (χ1n) is 4.85. The van der Waals surface area contributed by atoms with E-state index in [1.165, 1.54) is 0 Å². The average Bonchev–Trinajstić information content (AvgIpc) is 2.14. The maximum absolute atomic E-state index is 11.5. The van der Waals surface area contributed by atoms with Crippen LogP contribution >= 0.6 is 0 Å². The van der Waals surface area contributed by atoms with Crippen LogP contribution in [0.1, 0.15) is 6.42 Å². The highest BCUT2D eigenvalue weighted by atomic mass is 16.3. The van der Waals surface area contributed by atoms with Crippen molar-refractivity contribution in [2.45, 2.75) is 6.42 Å². The molecule has 0 saturated carbocycles. The van der Waals surface area contributed by atoms with Gasteiger partial charge in [0, 0.05) is 20.1 Å². The van der Waals surface area contributed by atoms with Crippen LogP contribution in [-0.4, -0.2) is 67.7 Å². The molecule has 0 heterocycles. The molecule has 14 heavy (non-hydrogen) atoms. The summed E-state index contributed by atoms with van der Waals surface area (Å²) in [5, 5.41) is 8.65. The van der Waals surface area contributed by atoms with E-state index in [9.17, 15) is 4.79 Å². The molecule has 84 valence electrons. The number of aliphatic hydroxyl groups is 1. The quantitative estimate of drug-likeness (QED) is 0.540. The number of hydrogen-bond acceptors (Lipinski definition) is 4. The van der Waals surface area contributed by atoms with Gasteiger partial charge in [-0.05, 0) is 20.0 Å². The van der Waals surface area contributed by atoms with E-state index < -0.39 is 0 Å². The molecule has 0 aliphatic rings. The molecule has 0 aliphatic heterocycles. The Balaban J connectivity index is 3.71. The van der Waals surface area contributed by atoms with Gasteiger partial charge in [-0.25, -0.2) is 0 Å². The molecule has 0 atom stereocenters. The van der Waals surface area contributed by atoms with Crippen LogP contribution in [0.4, 0.5) is 0 Å². The molecule has 0 unspecified atom stereocenters. The molecule has 3 N–H and O–H groups in total. The minimum atomic E-state index is 0.0643. The normalized spacial score (nSPS) is 10.6. The molecule has 0 aromatic heterocycles. The predicted octanol–water partition coefficient (Wildman–Crippen LogP) is -1.28. The van der Waals surface area contributed by atoms with Crippen LogP contribution in [0.25, 0.3) is 0 Å². The number of likely N-dealkylation sites (N-methyl/N-ethyl adjacent to an activating group) is 2. The fraction of sp³-hybridized carbons (Fsp3) is 0.889. The zero-order chi connectivity index (χ0) is 11.0. The van der Waals surface area contributed by atoms with Crippen molar-refractivity contribution in [1.82, 2.24) is 9.80 Å². The van der Waals surface area contributed by atoms with Crippen molar-refractivity contribution < 1.29 is 9.90 Å². The van der Waals surface area contributed by atoms with Gasteiger partial charge in [-0.15, -0.1) is 0 Å². The smallest absolute Gasteiger partial charge is 0.236 e. The van der Waals surface area contributed by atoms with Gasteiger partial charge in [0.1, 0.15) is 0 Å². The van der Waals surface area contributed by atoms with Gasteiger partial charge in [0.2, 0.25) is 5.91 Å².